The van der Waals surface area contributed by atoms with Gasteiger partial charge in [0.2, 0.25) is 6.41 Å². The molecule has 30 heavy (non-hydrogen) atoms. The Morgan fingerprint density at radius 1 is 1.23 bits per heavy atom. The highest BCUT2D eigenvalue weighted by Crippen LogP contribution is 2.38. The molecule has 4 N–H and O–H groups in total. The molecule has 1 amide bonds. The Morgan fingerprint density at radius 3 is 2.70 bits per heavy atom. The summed E-state index contributed by atoms with van der Waals surface area (Å²) in [5.74, 6) is 2.95. The quantitative estimate of drug-likeness (QED) is 0.648. The minimum Gasteiger partial charge on any atom is -0.450 e. The lowest BCUT2D eigenvalue weighted by molar-refractivity contribution is -0.108. The summed E-state index contributed by atoms with van der Waals surface area (Å²) in [5, 5.41) is 6.13. The Morgan fingerprint density at radius 2 is 2.00 bits per heavy atom. The van der Waals surface area contributed by atoms with E-state index in [1.165, 1.54) is 5.56 Å². The fourth-order valence-corrected chi connectivity index (χ4v) is 4.78. The lowest BCUT2D eigenvalue weighted by Gasteiger charge is -2.34. The first-order valence-electron chi connectivity index (χ1n) is 11.1. The summed E-state index contributed by atoms with van der Waals surface area (Å²) in [5.41, 5.74) is 7.89. The number of rotatable bonds is 5. The molecule has 7 nitrogen and oxygen atoms in total. The van der Waals surface area contributed by atoms with Crippen molar-refractivity contribution in [3.05, 3.63) is 35.7 Å². The summed E-state index contributed by atoms with van der Waals surface area (Å²) >= 11 is 0. The molecule has 0 bridgehead atoms. The number of ether oxygens (including phenoxy) is 1. The number of benzene rings is 1. The molecule has 162 valence electrons. The molecule has 0 unspecified atom stereocenters. The monoisotopic (exact) mass is 411 g/mol. The number of nitrogens with two attached hydrogens (primary N) is 1. The second-order valence-corrected chi connectivity index (χ2v) is 8.65. The molecule has 1 aromatic carbocycles. The molecule has 1 saturated carbocycles. The average Bonchev–Trinajstić information content (AvgIpc) is 2.80. The first-order valence-corrected chi connectivity index (χ1v) is 11.1. The SMILES string of the molecule is CN(/C=C1/Oc2ccc(C3CCNCC3)cc2N=C1NC=O)C1CCC(CN)CC1. The van der Waals surface area contributed by atoms with Gasteiger partial charge in [0.15, 0.2) is 17.3 Å². The van der Waals surface area contributed by atoms with Crippen LogP contribution in [0.1, 0.15) is 50.0 Å². The van der Waals surface area contributed by atoms with Crippen LogP contribution in [0.5, 0.6) is 5.75 Å². The minimum atomic E-state index is 0.449. The van der Waals surface area contributed by atoms with Gasteiger partial charge in [0.05, 0.1) is 0 Å². The van der Waals surface area contributed by atoms with Gasteiger partial charge in [-0.1, -0.05) is 6.07 Å². The number of carbonyl (C=O) groups excluding carboxylic acids is 1. The Labute approximate surface area is 178 Å². The molecule has 0 aromatic heterocycles. The van der Waals surface area contributed by atoms with E-state index >= 15 is 0 Å². The number of amidine groups is 1. The molecule has 3 aliphatic rings. The van der Waals surface area contributed by atoms with Crippen molar-refractivity contribution in [3.8, 4) is 5.75 Å². The number of nitrogens with zero attached hydrogens (tertiary/aromatic N) is 2. The zero-order valence-electron chi connectivity index (χ0n) is 17.8. The molecule has 1 aliphatic carbocycles. The zero-order chi connectivity index (χ0) is 20.9. The lowest BCUT2D eigenvalue weighted by Crippen LogP contribution is -2.35. The number of amides is 1. The second-order valence-electron chi connectivity index (χ2n) is 8.65. The first-order chi connectivity index (χ1) is 14.7. The van der Waals surface area contributed by atoms with E-state index in [4.69, 9.17) is 15.5 Å². The van der Waals surface area contributed by atoms with Gasteiger partial charge in [-0.2, -0.15) is 0 Å². The maximum absolute atomic E-state index is 11.2. The van der Waals surface area contributed by atoms with E-state index in [2.05, 4.69) is 34.7 Å². The fourth-order valence-electron chi connectivity index (χ4n) is 4.78. The van der Waals surface area contributed by atoms with Gasteiger partial charge in [0.25, 0.3) is 0 Å². The number of carbonyl (C=O) groups is 1. The Kier molecular flexibility index (Phi) is 6.69. The number of hydrogen-bond donors (Lipinski definition) is 3. The van der Waals surface area contributed by atoms with Crippen molar-refractivity contribution in [2.75, 3.05) is 26.7 Å². The Hall–Kier alpha value is -2.38. The van der Waals surface area contributed by atoms with Crippen LogP contribution in [0.4, 0.5) is 5.69 Å². The van der Waals surface area contributed by atoms with E-state index in [0.717, 1.165) is 69.6 Å². The summed E-state index contributed by atoms with van der Waals surface area (Å²) in [7, 11) is 2.07. The van der Waals surface area contributed by atoms with Crippen molar-refractivity contribution in [2.24, 2.45) is 16.6 Å². The van der Waals surface area contributed by atoms with Crippen LogP contribution in [0.15, 0.2) is 35.2 Å². The molecule has 0 spiro atoms. The van der Waals surface area contributed by atoms with Crippen LogP contribution in [-0.4, -0.2) is 49.9 Å². The highest BCUT2D eigenvalue weighted by Gasteiger charge is 2.25. The van der Waals surface area contributed by atoms with Gasteiger partial charge in [-0.3, -0.25) is 4.79 Å². The maximum atomic E-state index is 11.2. The third-order valence-electron chi connectivity index (χ3n) is 6.72. The molecule has 0 radical (unpaired) electrons. The lowest BCUT2D eigenvalue weighted by atomic mass is 9.85. The number of fused-ring (bicyclic) bond motifs is 1. The van der Waals surface area contributed by atoms with E-state index in [0.29, 0.717) is 35.9 Å². The van der Waals surface area contributed by atoms with E-state index < -0.39 is 0 Å². The van der Waals surface area contributed by atoms with Crippen molar-refractivity contribution in [1.82, 2.24) is 15.5 Å². The summed E-state index contributed by atoms with van der Waals surface area (Å²) in [6.07, 6.45) is 9.43. The molecular formula is C23H33N5O2. The highest BCUT2D eigenvalue weighted by atomic mass is 16.5. The number of aliphatic imine (C=N–C) groups is 1. The van der Waals surface area contributed by atoms with Gasteiger partial charge < -0.3 is 26.0 Å². The van der Waals surface area contributed by atoms with Crippen molar-refractivity contribution in [2.45, 2.75) is 50.5 Å². The van der Waals surface area contributed by atoms with Crippen molar-refractivity contribution < 1.29 is 9.53 Å². The van der Waals surface area contributed by atoms with Crippen LogP contribution in [0, 0.1) is 5.92 Å². The molecule has 0 atom stereocenters. The first kappa shape index (κ1) is 20.9. The van der Waals surface area contributed by atoms with E-state index in [9.17, 15) is 4.79 Å². The summed E-state index contributed by atoms with van der Waals surface area (Å²) in [4.78, 5) is 18.1. The topological polar surface area (TPSA) is 92.0 Å². The van der Waals surface area contributed by atoms with Gasteiger partial charge in [0.1, 0.15) is 5.69 Å². The maximum Gasteiger partial charge on any atom is 0.212 e. The third-order valence-corrected chi connectivity index (χ3v) is 6.72. The highest BCUT2D eigenvalue weighted by molar-refractivity contribution is 6.05. The van der Waals surface area contributed by atoms with E-state index in [1.807, 2.05) is 12.3 Å². The van der Waals surface area contributed by atoms with Crippen LogP contribution in [0.2, 0.25) is 0 Å². The van der Waals surface area contributed by atoms with Gasteiger partial charge in [-0.15, -0.1) is 0 Å². The smallest absolute Gasteiger partial charge is 0.212 e. The van der Waals surface area contributed by atoms with Gasteiger partial charge >= 0.3 is 0 Å². The van der Waals surface area contributed by atoms with Crippen molar-refractivity contribution in [3.63, 3.8) is 0 Å². The Balaban J connectivity index is 1.53. The second kappa shape index (κ2) is 9.62. The summed E-state index contributed by atoms with van der Waals surface area (Å²) in [6, 6.07) is 6.71. The van der Waals surface area contributed by atoms with Crippen LogP contribution < -0.4 is 21.1 Å². The van der Waals surface area contributed by atoms with Gasteiger partial charge in [0, 0.05) is 19.3 Å². The molecule has 4 rings (SSSR count). The van der Waals surface area contributed by atoms with Gasteiger partial charge in [-0.05, 0) is 87.7 Å². The van der Waals surface area contributed by atoms with Gasteiger partial charge in [-0.25, -0.2) is 4.99 Å². The van der Waals surface area contributed by atoms with Crippen LogP contribution in [0.25, 0.3) is 0 Å². The largest absolute Gasteiger partial charge is 0.450 e. The third kappa shape index (κ3) is 4.68. The molecule has 2 heterocycles. The Bertz CT molecular complexity index is 808. The minimum absolute atomic E-state index is 0.449. The predicted octanol–water partition coefficient (Wildman–Crippen LogP) is 2.61. The van der Waals surface area contributed by atoms with E-state index in [-0.39, 0.29) is 0 Å². The molecule has 1 aromatic rings. The van der Waals surface area contributed by atoms with Crippen LogP contribution in [-0.2, 0) is 4.79 Å². The predicted molar refractivity (Wildman–Crippen MR) is 119 cm³/mol. The van der Waals surface area contributed by atoms with Crippen molar-refractivity contribution in [1.29, 1.82) is 0 Å². The summed E-state index contributed by atoms with van der Waals surface area (Å²) in [6.45, 7) is 2.87. The number of nitrogens with one attached hydrogen (secondary N) is 2. The number of hydrogen-bond acceptors (Lipinski definition) is 6. The summed E-state index contributed by atoms with van der Waals surface area (Å²) < 4.78 is 6.18. The molecule has 1 saturated heterocycles. The van der Waals surface area contributed by atoms with Crippen LogP contribution >= 0.6 is 0 Å². The van der Waals surface area contributed by atoms with E-state index in [1.54, 1.807) is 0 Å². The normalized spacial score (nSPS) is 25.8. The fraction of sp³-hybridized carbons (Fsp3) is 0.565. The molecular weight excluding hydrogens is 378 g/mol. The molecule has 2 aliphatic heterocycles. The molecule has 7 heteroatoms. The molecule has 2 fully saturated rings. The average molecular weight is 412 g/mol. The number of piperidine rings is 1. The van der Waals surface area contributed by atoms with Crippen molar-refractivity contribution >= 4 is 17.9 Å². The zero-order valence-corrected chi connectivity index (χ0v) is 17.8. The standard InChI is InChI=1S/C23H33N5O2/c1-28(19-5-2-16(13-24)3-6-19)14-22-23(26-15-29)27-20-12-18(4-7-21(20)30-22)17-8-10-25-11-9-17/h4,7,12,14-17,19,25H,2-3,5-6,8-11,13,24H2,1H3,(H,26,27,29)/b22-14+. The van der Waals surface area contributed by atoms with Crippen LogP contribution in [0.3, 0.4) is 0 Å².